The highest BCUT2D eigenvalue weighted by Gasteiger charge is 2.05. The number of hydrogen-bond donors (Lipinski definition) is 1. The van der Waals surface area contributed by atoms with Crippen LogP contribution in [-0.2, 0) is 4.74 Å². The van der Waals surface area contributed by atoms with Gasteiger partial charge in [-0.15, -0.1) is 11.3 Å². The highest BCUT2D eigenvalue weighted by atomic mass is 35.5. The third-order valence-corrected chi connectivity index (χ3v) is 4.88. The third kappa shape index (κ3) is 4.61. The van der Waals surface area contributed by atoms with E-state index in [-0.39, 0.29) is 11.3 Å². The van der Waals surface area contributed by atoms with Gasteiger partial charge in [0.15, 0.2) is 5.78 Å². The number of methoxy groups -OCH3 is 1. The van der Waals surface area contributed by atoms with Crippen molar-refractivity contribution in [2.45, 2.75) is 0 Å². The molecular weight excluding hydrogens is 386 g/mol. The number of benzene rings is 2. The van der Waals surface area contributed by atoms with Crippen LogP contribution >= 0.6 is 22.9 Å². The van der Waals surface area contributed by atoms with E-state index in [1.54, 1.807) is 54.6 Å². The molecule has 2 aromatic carbocycles. The topological polar surface area (TPSA) is 76.2 Å². The molecule has 0 bridgehead atoms. The molecule has 0 aliphatic carbocycles. The smallest absolute Gasteiger partial charge is 0.337 e. The summed E-state index contributed by atoms with van der Waals surface area (Å²) in [6.07, 6.45) is 3.06. The zero-order chi connectivity index (χ0) is 19.4. The Balaban J connectivity index is 1.92. The van der Waals surface area contributed by atoms with Crippen LogP contribution in [-0.4, -0.2) is 23.8 Å². The van der Waals surface area contributed by atoms with Gasteiger partial charge in [-0.25, -0.2) is 4.79 Å². The second kappa shape index (κ2) is 8.16. The molecule has 0 radical (unpaired) electrons. The first-order chi connectivity index (χ1) is 13.0. The Bertz CT molecular complexity index is 1180. The van der Waals surface area contributed by atoms with Crippen molar-refractivity contribution in [1.82, 2.24) is 4.98 Å². The minimum absolute atomic E-state index is 0.246. The van der Waals surface area contributed by atoms with Gasteiger partial charge in [0.05, 0.1) is 21.9 Å². The normalized spacial score (nSPS) is 12.2. The zero-order valence-electron chi connectivity index (χ0n) is 14.2. The van der Waals surface area contributed by atoms with Gasteiger partial charge in [-0.3, -0.25) is 9.59 Å². The SMILES string of the molecule is COC(=O)c1ccc(/C=c2\s/c(=C\C(=O)c3cccc(Cl)c3)[nH]c2=O)cc1. The molecule has 0 aliphatic rings. The summed E-state index contributed by atoms with van der Waals surface area (Å²) >= 11 is 7.07. The maximum Gasteiger partial charge on any atom is 0.337 e. The minimum atomic E-state index is -0.424. The number of Topliss-reactive ketones (excluding diaryl/α,β-unsaturated/α-hetero) is 1. The van der Waals surface area contributed by atoms with Crippen LogP contribution in [0.5, 0.6) is 0 Å². The lowest BCUT2D eigenvalue weighted by Crippen LogP contribution is -2.20. The van der Waals surface area contributed by atoms with Crippen LogP contribution < -0.4 is 14.8 Å². The van der Waals surface area contributed by atoms with E-state index in [0.29, 0.717) is 25.3 Å². The van der Waals surface area contributed by atoms with Crippen LogP contribution in [0.3, 0.4) is 0 Å². The Morgan fingerprint density at radius 1 is 1.11 bits per heavy atom. The molecule has 0 spiro atoms. The molecular formula is C20H14ClNO4S. The molecule has 0 atom stereocenters. The lowest BCUT2D eigenvalue weighted by atomic mass is 10.1. The highest BCUT2D eigenvalue weighted by Crippen LogP contribution is 2.11. The summed E-state index contributed by atoms with van der Waals surface area (Å²) in [6, 6.07) is 13.3. The van der Waals surface area contributed by atoms with E-state index in [2.05, 4.69) is 9.72 Å². The molecule has 3 rings (SSSR count). The average Bonchev–Trinajstić information content (AvgIpc) is 3.00. The molecule has 3 aromatic rings. The Hall–Kier alpha value is -2.96. The van der Waals surface area contributed by atoms with Crippen LogP contribution in [0.2, 0.25) is 5.02 Å². The summed E-state index contributed by atoms with van der Waals surface area (Å²) in [5, 5.41) is 0.471. The molecule has 1 heterocycles. The number of ether oxygens (including phenoxy) is 1. The average molecular weight is 400 g/mol. The molecule has 0 saturated heterocycles. The van der Waals surface area contributed by atoms with Crippen molar-refractivity contribution < 1.29 is 14.3 Å². The van der Waals surface area contributed by atoms with Crippen molar-refractivity contribution >= 4 is 46.8 Å². The molecule has 27 heavy (non-hydrogen) atoms. The van der Waals surface area contributed by atoms with E-state index in [9.17, 15) is 14.4 Å². The number of aromatic nitrogens is 1. The molecule has 1 N–H and O–H groups in total. The fourth-order valence-electron chi connectivity index (χ4n) is 2.35. The fraction of sp³-hybridized carbons (Fsp3) is 0.0500. The number of thiazole rings is 1. The van der Waals surface area contributed by atoms with Gasteiger partial charge in [0, 0.05) is 16.7 Å². The Kier molecular flexibility index (Phi) is 5.69. The molecule has 0 fully saturated rings. The van der Waals surface area contributed by atoms with E-state index in [4.69, 9.17) is 11.6 Å². The number of halogens is 1. The van der Waals surface area contributed by atoms with Gasteiger partial charge in [-0.2, -0.15) is 0 Å². The first-order valence-corrected chi connectivity index (χ1v) is 9.06. The monoisotopic (exact) mass is 399 g/mol. The number of carbonyl (C=O) groups is 2. The van der Waals surface area contributed by atoms with Crippen molar-refractivity contribution in [3.63, 3.8) is 0 Å². The number of H-pyrrole nitrogens is 1. The van der Waals surface area contributed by atoms with E-state index < -0.39 is 5.97 Å². The quantitative estimate of drug-likeness (QED) is 0.539. The van der Waals surface area contributed by atoms with Crippen LogP contribution in [0.4, 0.5) is 0 Å². The minimum Gasteiger partial charge on any atom is -0.465 e. The number of carbonyl (C=O) groups excluding carboxylic acids is 2. The first-order valence-electron chi connectivity index (χ1n) is 7.87. The van der Waals surface area contributed by atoms with Crippen LogP contribution in [0.1, 0.15) is 26.3 Å². The van der Waals surface area contributed by atoms with Crippen molar-refractivity contribution in [2.75, 3.05) is 7.11 Å². The van der Waals surface area contributed by atoms with E-state index in [0.717, 1.165) is 5.56 Å². The lowest BCUT2D eigenvalue weighted by Gasteiger charge is -1.98. The predicted octanol–water partition coefficient (Wildman–Crippen LogP) is 2.37. The van der Waals surface area contributed by atoms with Crippen LogP contribution in [0.25, 0.3) is 12.2 Å². The predicted molar refractivity (Wildman–Crippen MR) is 106 cm³/mol. The molecule has 0 aliphatic heterocycles. The first kappa shape index (κ1) is 18.8. The summed E-state index contributed by atoms with van der Waals surface area (Å²) in [4.78, 5) is 38.5. The van der Waals surface area contributed by atoms with E-state index in [1.807, 2.05) is 0 Å². The van der Waals surface area contributed by atoms with Crippen molar-refractivity contribution in [3.05, 3.63) is 89.8 Å². The summed E-state index contributed by atoms with van der Waals surface area (Å²) in [7, 11) is 1.32. The molecule has 0 saturated carbocycles. The summed E-state index contributed by atoms with van der Waals surface area (Å²) in [5.41, 5.74) is 1.33. The van der Waals surface area contributed by atoms with Crippen LogP contribution in [0, 0.1) is 0 Å². The number of aromatic amines is 1. The van der Waals surface area contributed by atoms with Gasteiger partial charge in [0.25, 0.3) is 5.56 Å². The fourth-order valence-corrected chi connectivity index (χ4v) is 3.43. The summed E-state index contributed by atoms with van der Waals surface area (Å²) in [6.45, 7) is 0. The van der Waals surface area contributed by atoms with Gasteiger partial charge in [0.1, 0.15) is 0 Å². The number of ketones is 1. The van der Waals surface area contributed by atoms with Crippen molar-refractivity contribution in [2.24, 2.45) is 0 Å². The van der Waals surface area contributed by atoms with E-state index >= 15 is 0 Å². The lowest BCUT2D eigenvalue weighted by molar-refractivity contribution is 0.0600. The van der Waals surface area contributed by atoms with Gasteiger partial charge >= 0.3 is 5.97 Å². The van der Waals surface area contributed by atoms with Gasteiger partial charge in [-0.05, 0) is 35.9 Å². The molecule has 0 unspecified atom stereocenters. The van der Waals surface area contributed by atoms with Gasteiger partial charge in [-0.1, -0.05) is 35.9 Å². The number of esters is 1. The number of rotatable bonds is 4. The maximum absolute atomic E-state index is 12.3. The second-order valence-corrected chi connectivity index (χ2v) is 7.08. The number of hydrogen-bond acceptors (Lipinski definition) is 5. The second-order valence-electron chi connectivity index (χ2n) is 5.56. The van der Waals surface area contributed by atoms with Gasteiger partial charge in [0.2, 0.25) is 0 Å². The molecule has 1 aromatic heterocycles. The Morgan fingerprint density at radius 2 is 1.85 bits per heavy atom. The van der Waals surface area contributed by atoms with Crippen LogP contribution in [0.15, 0.2) is 53.3 Å². The Labute approximate surface area is 163 Å². The zero-order valence-corrected chi connectivity index (χ0v) is 15.8. The van der Waals surface area contributed by atoms with Crippen molar-refractivity contribution in [1.29, 1.82) is 0 Å². The molecule has 7 heteroatoms. The summed E-state index contributed by atoms with van der Waals surface area (Å²) < 4.78 is 5.55. The third-order valence-electron chi connectivity index (χ3n) is 3.68. The molecule has 0 amide bonds. The summed E-state index contributed by atoms with van der Waals surface area (Å²) in [5.74, 6) is -0.670. The highest BCUT2D eigenvalue weighted by molar-refractivity contribution is 7.07. The number of nitrogens with one attached hydrogen (secondary N) is 1. The standard InChI is InChI=1S/C20H14ClNO4S/c1-26-20(25)13-7-5-12(6-8-13)9-17-19(24)22-18(27-17)11-16(23)14-3-2-4-15(21)10-14/h2-11H,1H3,(H,22,24)/b17-9-,18-11-. The maximum atomic E-state index is 12.3. The molecule has 136 valence electrons. The van der Waals surface area contributed by atoms with Gasteiger partial charge < -0.3 is 9.72 Å². The van der Waals surface area contributed by atoms with Crippen molar-refractivity contribution in [3.8, 4) is 0 Å². The largest absolute Gasteiger partial charge is 0.465 e. The van der Waals surface area contributed by atoms with E-state index in [1.165, 1.54) is 24.5 Å². The molecule has 5 nitrogen and oxygen atoms in total. The Morgan fingerprint density at radius 3 is 2.52 bits per heavy atom.